The predicted octanol–water partition coefficient (Wildman–Crippen LogP) is 4.18. The Kier molecular flexibility index (Phi) is 8.53. The molecule has 0 saturated carbocycles. The molecule has 0 spiro atoms. The number of hydrogen-bond acceptors (Lipinski definition) is 10. The van der Waals surface area contributed by atoms with Crippen LogP contribution in [-0.2, 0) is 9.53 Å². The lowest BCUT2D eigenvalue weighted by molar-refractivity contribution is -0.157. The summed E-state index contributed by atoms with van der Waals surface area (Å²) in [6.07, 6.45) is 5.49. The second kappa shape index (κ2) is 13.1. The molecule has 3 aliphatic heterocycles. The van der Waals surface area contributed by atoms with Gasteiger partial charge in [-0.15, -0.1) is 0 Å². The predicted molar refractivity (Wildman–Crippen MR) is 170 cm³/mol. The summed E-state index contributed by atoms with van der Waals surface area (Å²) in [5.41, 5.74) is 3.04. The number of piperidine rings is 1. The van der Waals surface area contributed by atoms with Crippen molar-refractivity contribution in [2.45, 2.75) is 30.9 Å². The Morgan fingerprint density at radius 3 is 2.55 bits per heavy atom. The normalized spacial score (nSPS) is 21.1. The molecule has 7 rings (SSSR count). The Morgan fingerprint density at radius 2 is 1.87 bits per heavy atom. The second-order valence-electron chi connectivity index (χ2n) is 12.0. The Hall–Kier alpha value is -4.93. The van der Waals surface area contributed by atoms with Gasteiger partial charge in [0, 0.05) is 61.7 Å². The van der Waals surface area contributed by atoms with Crippen molar-refractivity contribution in [2.75, 3.05) is 62.7 Å². The number of alkyl halides is 2. The number of carbonyl (C=O) groups is 1. The van der Waals surface area contributed by atoms with Gasteiger partial charge in [0.2, 0.25) is 11.9 Å². The standard InChI is InChI=1S/C34H34F2N8O3/c35-34(36)21-44(32(45)23-3-1-2-4-23)12-11-30(34)47-29-10-5-24(17-25(29)18-37)31-38-22-39-33(41-31)40-26-6-8-27(9-7-26)42-13-15-43(16-14-42)28-19-46-20-28/h1-3,5-10,17,22,28,30H,4,11-16,19-21H2,(H,38,39,40,41). The minimum Gasteiger partial charge on any atom is -0.483 e. The Bertz CT molecular complexity index is 1730. The maximum absolute atomic E-state index is 15.1. The molecule has 1 atom stereocenters. The highest BCUT2D eigenvalue weighted by atomic mass is 19.3. The molecule has 1 amide bonds. The van der Waals surface area contributed by atoms with Crippen molar-refractivity contribution in [1.29, 1.82) is 5.26 Å². The van der Waals surface area contributed by atoms with E-state index in [-0.39, 0.29) is 30.2 Å². The van der Waals surface area contributed by atoms with Crippen LogP contribution in [-0.4, -0.2) is 101 Å². The number of amides is 1. The fourth-order valence-electron chi connectivity index (χ4n) is 6.22. The highest BCUT2D eigenvalue weighted by Crippen LogP contribution is 2.34. The Labute approximate surface area is 271 Å². The highest BCUT2D eigenvalue weighted by Gasteiger charge is 2.48. The summed E-state index contributed by atoms with van der Waals surface area (Å²) in [7, 11) is 0. The number of anilines is 3. The van der Waals surface area contributed by atoms with E-state index in [1.807, 2.05) is 24.3 Å². The van der Waals surface area contributed by atoms with Crippen LogP contribution in [0.25, 0.3) is 11.4 Å². The number of aromatic nitrogens is 3. The van der Waals surface area contributed by atoms with Gasteiger partial charge in [-0.2, -0.15) is 10.2 Å². The van der Waals surface area contributed by atoms with Crippen molar-refractivity contribution >= 4 is 23.2 Å². The minimum absolute atomic E-state index is 0.0364. The highest BCUT2D eigenvalue weighted by molar-refractivity contribution is 5.94. The molecule has 1 N–H and O–H groups in total. The van der Waals surface area contributed by atoms with Gasteiger partial charge in [0.05, 0.1) is 31.4 Å². The third-order valence-electron chi connectivity index (χ3n) is 9.01. The number of halogens is 2. The number of rotatable bonds is 8. The summed E-state index contributed by atoms with van der Waals surface area (Å²) in [6, 6.07) is 15.3. The van der Waals surface area contributed by atoms with E-state index in [0.29, 0.717) is 35.4 Å². The first kappa shape index (κ1) is 30.7. The van der Waals surface area contributed by atoms with Crippen LogP contribution in [0, 0.1) is 11.3 Å². The zero-order valence-electron chi connectivity index (χ0n) is 25.7. The van der Waals surface area contributed by atoms with E-state index in [2.05, 4.69) is 42.2 Å². The third kappa shape index (κ3) is 6.65. The van der Waals surface area contributed by atoms with Crippen molar-refractivity contribution in [3.63, 3.8) is 0 Å². The maximum Gasteiger partial charge on any atom is 0.301 e. The summed E-state index contributed by atoms with van der Waals surface area (Å²) < 4.78 is 41.3. The zero-order valence-corrected chi connectivity index (χ0v) is 25.7. The van der Waals surface area contributed by atoms with Crippen LogP contribution in [0.15, 0.2) is 72.6 Å². The number of nitrogens with zero attached hydrogens (tertiary/aromatic N) is 7. The SMILES string of the molecule is N#Cc1cc(-c2ncnc(Nc3ccc(N4CCN(C5COC5)CC4)cc3)n2)ccc1OC1CCN(C(=O)C2=CC=CC2)CC1(F)F. The molecule has 0 radical (unpaired) electrons. The van der Waals surface area contributed by atoms with Gasteiger partial charge in [-0.3, -0.25) is 9.69 Å². The first-order valence-electron chi connectivity index (χ1n) is 15.7. The van der Waals surface area contributed by atoms with Crippen molar-refractivity contribution in [1.82, 2.24) is 24.8 Å². The van der Waals surface area contributed by atoms with E-state index < -0.39 is 18.6 Å². The van der Waals surface area contributed by atoms with Gasteiger partial charge in [0.15, 0.2) is 11.9 Å². The molecular weight excluding hydrogens is 606 g/mol. The minimum atomic E-state index is -3.29. The van der Waals surface area contributed by atoms with Crippen molar-refractivity contribution < 1.29 is 23.0 Å². The van der Waals surface area contributed by atoms with E-state index in [9.17, 15) is 10.1 Å². The molecule has 0 bridgehead atoms. The summed E-state index contributed by atoms with van der Waals surface area (Å²) >= 11 is 0. The van der Waals surface area contributed by atoms with Gasteiger partial charge in [-0.25, -0.2) is 18.7 Å². The van der Waals surface area contributed by atoms with Crippen molar-refractivity contribution in [2.24, 2.45) is 0 Å². The van der Waals surface area contributed by atoms with E-state index >= 15 is 8.78 Å². The largest absolute Gasteiger partial charge is 0.483 e. The number of carbonyl (C=O) groups excluding carboxylic acids is 1. The first-order chi connectivity index (χ1) is 22.9. The lowest BCUT2D eigenvalue weighted by Gasteiger charge is -2.43. The van der Waals surface area contributed by atoms with Gasteiger partial charge < -0.3 is 24.6 Å². The average molecular weight is 641 g/mol. The van der Waals surface area contributed by atoms with E-state index in [0.717, 1.165) is 50.8 Å². The second-order valence-corrected chi connectivity index (χ2v) is 12.0. The Morgan fingerprint density at radius 1 is 1.06 bits per heavy atom. The van der Waals surface area contributed by atoms with Gasteiger partial charge in [-0.05, 0) is 48.9 Å². The fourth-order valence-corrected chi connectivity index (χ4v) is 6.22. The topological polar surface area (TPSA) is 120 Å². The third-order valence-corrected chi connectivity index (χ3v) is 9.01. The van der Waals surface area contributed by atoms with Gasteiger partial charge in [-0.1, -0.05) is 18.2 Å². The molecular formula is C34H34F2N8O3. The monoisotopic (exact) mass is 640 g/mol. The van der Waals surface area contributed by atoms with Crippen molar-refractivity contribution in [3.05, 3.63) is 78.2 Å². The molecule has 11 nitrogen and oxygen atoms in total. The molecule has 3 aromatic rings. The molecule has 1 aromatic heterocycles. The quantitative estimate of drug-likeness (QED) is 0.384. The number of ether oxygens (including phenoxy) is 2. The molecule has 47 heavy (non-hydrogen) atoms. The maximum atomic E-state index is 15.1. The first-order valence-corrected chi connectivity index (χ1v) is 15.7. The lowest BCUT2D eigenvalue weighted by Crippen LogP contribution is -2.56. The molecule has 3 fully saturated rings. The molecule has 4 heterocycles. The van der Waals surface area contributed by atoms with Crippen LogP contribution in [0.3, 0.4) is 0 Å². The molecule has 1 aliphatic carbocycles. The Balaban J connectivity index is 0.979. The van der Waals surface area contributed by atoms with Gasteiger partial charge >= 0.3 is 5.92 Å². The molecule has 13 heteroatoms. The smallest absolute Gasteiger partial charge is 0.301 e. The molecule has 1 unspecified atom stereocenters. The van der Waals surface area contributed by atoms with Crippen LogP contribution in [0.4, 0.5) is 26.1 Å². The van der Waals surface area contributed by atoms with Gasteiger partial charge in [0.25, 0.3) is 0 Å². The summed E-state index contributed by atoms with van der Waals surface area (Å²) in [5, 5.41) is 13.0. The van der Waals surface area contributed by atoms with Crippen LogP contribution < -0.4 is 15.0 Å². The molecule has 242 valence electrons. The van der Waals surface area contributed by atoms with Gasteiger partial charge in [0.1, 0.15) is 18.1 Å². The lowest BCUT2D eigenvalue weighted by atomic mass is 10.0. The molecule has 2 aromatic carbocycles. The van der Waals surface area contributed by atoms with E-state index in [4.69, 9.17) is 9.47 Å². The van der Waals surface area contributed by atoms with Crippen molar-refractivity contribution in [3.8, 4) is 23.2 Å². The summed E-state index contributed by atoms with van der Waals surface area (Å²) in [4.78, 5) is 31.7. The number of benzene rings is 2. The number of nitriles is 1. The number of hydrogen-bond donors (Lipinski definition) is 1. The molecule has 3 saturated heterocycles. The number of nitrogens with one attached hydrogen (secondary N) is 1. The summed E-state index contributed by atoms with van der Waals surface area (Å²) in [5.74, 6) is -3.01. The fraction of sp³-hybridized carbons (Fsp3) is 0.382. The summed E-state index contributed by atoms with van der Waals surface area (Å²) in [6.45, 7) is 5.03. The van der Waals surface area contributed by atoms with E-state index in [1.165, 1.54) is 23.4 Å². The van der Waals surface area contributed by atoms with Crippen LogP contribution >= 0.6 is 0 Å². The van der Waals surface area contributed by atoms with Crippen LogP contribution in [0.1, 0.15) is 18.4 Å². The average Bonchev–Trinajstić information content (AvgIpc) is 3.61. The number of allylic oxidation sites excluding steroid dienone is 3. The van der Waals surface area contributed by atoms with E-state index in [1.54, 1.807) is 18.2 Å². The van der Waals surface area contributed by atoms with Crippen LogP contribution in [0.2, 0.25) is 0 Å². The van der Waals surface area contributed by atoms with Crippen LogP contribution in [0.5, 0.6) is 5.75 Å². The number of likely N-dealkylation sites (tertiary alicyclic amines) is 1. The number of piperazine rings is 1. The molecule has 4 aliphatic rings. The zero-order chi connectivity index (χ0) is 32.4.